The minimum absolute atomic E-state index is 0.156. The second-order valence-electron chi connectivity index (χ2n) is 7.57. The van der Waals surface area contributed by atoms with Gasteiger partial charge in [0.1, 0.15) is 11.5 Å². The Hall–Kier alpha value is -1.68. The lowest BCUT2D eigenvalue weighted by molar-refractivity contribution is -0.904. The summed E-state index contributed by atoms with van der Waals surface area (Å²) in [5.74, 6) is -0.433. The molecule has 0 aliphatic carbocycles. The molecule has 0 spiro atoms. The first-order valence-electron chi connectivity index (χ1n) is 9.22. The van der Waals surface area contributed by atoms with E-state index in [0.29, 0.717) is 43.2 Å². The lowest BCUT2D eigenvalue weighted by Crippen LogP contribution is -3.15. The number of thiophene rings is 1. The summed E-state index contributed by atoms with van der Waals surface area (Å²) >= 11 is 1.38. The molecule has 3 heterocycles. The third-order valence-corrected chi connectivity index (χ3v) is 6.24. The maximum absolute atomic E-state index is 12.7. The molecule has 3 N–H and O–H groups in total. The number of anilines is 1. The second kappa shape index (κ2) is 8.14. The van der Waals surface area contributed by atoms with Crippen molar-refractivity contribution >= 4 is 28.3 Å². The number of hydrogen-bond acceptors (Lipinski definition) is 6. The van der Waals surface area contributed by atoms with Crippen molar-refractivity contribution in [3.8, 4) is 0 Å². The van der Waals surface area contributed by atoms with Crippen molar-refractivity contribution in [3.05, 3.63) is 16.0 Å². The van der Waals surface area contributed by atoms with Gasteiger partial charge in [0.2, 0.25) is 0 Å². The maximum atomic E-state index is 12.7. The number of carbonyl (C=O) groups excluding carboxylic acids is 2. The Bertz CT molecular complexity index is 710. The van der Waals surface area contributed by atoms with Crippen LogP contribution >= 0.6 is 11.3 Å². The molecule has 0 radical (unpaired) electrons. The van der Waals surface area contributed by atoms with Crippen molar-refractivity contribution < 1.29 is 29.1 Å². The SMILES string of the molecule is COC(=O)c1c(NC(=O)N2CC[NH+](CCO)CC2)sc2c1CC(C)(C)OC2. The van der Waals surface area contributed by atoms with Gasteiger partial charge < -0.3 is 24.4 Å². The first-order valence-corrected chi connectivity index (χ1v) is 10.0. The van der Waals surface area contributed by atoms with Crippen molar-refractivity contribution in [3.63, 3.8) is 0 Å². The molecule has 2 amide bonds. The van der Waals surface area contributed by atoms with Crippen LogP contribution in [0.25, 0.3) is 0 Å². The standard InChI is InChI=1S/C18H27N3O5S/c1-18(2)10-12-13(11-26-18)27-15(14(12)16(23)25-3)19-17(24)21-6-4-20(5-7-21)8-9-22/h22H,4-11H2,1-3H3,(H,19,24)/p+1. The molecule has 0 bridgehead atoms. The van der Waals surface area contributed by atoms with Gasteiger partial charge in [-0.15, -0.1) is 11.3 Å². The summed E-state index contributed by atoms with van der Waals surface area (Å²) in [5, 5.41) is 12.5. The van der Waals surface area contributed by atoms with E-state index in [1.54, 1.807) is 4.90 Å². The number of piperazine rings is 1. The van der Waals surface area contributed by atoms with Gasteiger partial charge in [-0.1, -0.05) is 0 Å². The fourth-order valence-electron chi connectivity index (χ4n) is 3.57. The molecule has 1 fully saturated rings. The number of nitrogens with one attached hydrogen (secondary N) is 2. The molecule has 0 unspecified atom stereocenters. The first-order chi connectivity index (χ1) is 12.8. The van der Waals surface area contributed by atoms with Gasteiger partial charge in [-0.2, -0.15) is 0 Å². The van der Waals surface area contributed by atoms with Crippen molar-refractivity contribution in [1.82, 2.24) is 4.90 Å². The third-order valence-electron chi connectivity index (χ3n) is 5.12. The molecular formula is C18H28N3O5S+. The number of fused-ring (bicyclic) bond motifs is 1. The second-order valence-corrected chi connectivity index (χ2v) is 8.67. The third kappa shape index (κ3) is 4.43. The van der Waals surface area contributed by atoms with Gasteiger partial charge in [0, 0.05) is 11.3 Å². The van der Waals surface area contributed by atoms with E-state index >= 15 is 0 Å². The fraction of sp³-hybridized carbons (Fsp3) is 0.667. The monoisotopic (exact) mass is 398 g/mol. The Morgan fingerprint density at radius 1 is 1.37 bits per heavy atom. The highest BCUT2D eigenvalue weighted by molar-refractivity contribution is 7.17. The molecule has 8 nitrogen and oxygen atoms in total. The van der Waals surface area contributed by atoms with Crippen LogP contribution in [0.3, 0.4) is 0 Å². The van der Waals surface area contributed by atoms with Gasteiger partial charge >= 0.3 is 12.0 Å². The van der Waals surface area contributed by atoms with Crippen LogP contribution in [-0.4, -0.2) is 74.0 Å². The van der Waals surface area contributed by atoms with Crippen molar-refractivity contribution in [2.45, 2.75) is 32.5 Å². The number of rotatable bonds is 4. The Morgan fingerprint density at radius 3 is 2.70 bits per heavy atom. The van der Waals surface area contributed by atoms with Crippen molar-refractivity contribution in [1.29, 1.82) is 0 Å². The Labute approximate surface area is 163 Å². The number of carbonyl (C=O) groups is 2. The molecule has 0 atom stereocenters. The van der Waals surface area contributed by atoms with Crippen LogP contribution in [0.5, 0.6) is 0 Å². The lowest BCUT2D eigenvalue weighted by Gasteiger charge is -2.31. The Balaban J connectivity index is 1.76. The summed E-state index contributed by atoms with van der Waals surface area (Å²) < 4.78 is 10.8. The van der Waals surface area contributed by atoms with Crippen molar-refractivity contribution in [2.24, 2.45) is 0 Å². The highest BCUT2D eigenvalue weighted by Gasteiger charge is 2.35. The van der Waals surface area contributed by atoms with E-state index in [4.69, 9.17) is 14.6 Å². The number of ether oxygens (including phenoxy) is 2. The zero-order valence-corrected chi connectivity index (χ0v) is 16.9. The minimum atomic E-state index is -0.433. The average Bonchev–Trinajstić information content (AvgIpc) is 2.97. The minimum Gasteiger partial charge on any atom is -0.465 e. The smallest absolute Gasteiger partial charge is 0.341 e. The van der Waals surface area contributed by atoms with E-state index in [9.17, 15) is 9.59 Å². The van der Waals surface area contributed by atoms with Gasteiger partial charge in [0.25, 0.3) is 0 Å². The highest BCUT2D eigenvalue weighted by atomic mass is 32.1. The summed E-state index contributed by atoms with van der Waals surface area (Å²) in [6.45, 7) is 8.12. The van der Waals surface area contributed by atoms with E-state index in [2.05, 4.69) is 5.32 Å². The Kier molecular flexibility index (Phi) is 6.05. The topological polar surface area (TPSA) is 92.5 Å². The number of urea groups is 1. The van der Waals surface area contributed by atoms with E-state index < -0.39 is 5.97 Å². The van der Waals surface area contributed by atoms with Crippen molar-refractivity contribution in [2.75, 3.05) is 51.8 Å². The summed E-state index contributed by atoms with van der Waals surface area (Å²) in [5.41, 5.74) is 1.01. The molecule has 0 aromatic carbocycles. The highest BCUT2D eigenvalue weighted by Crippen LogP contribution is 2.40. The molecule has 2 aliphatic rings. The number of aliphatic hydroxyl groups is 1. The summed E-state index contributed by atoms with van der Waals surface area (Å²) in [6, 6.07) is -0.207. The number of amides is 2. The number of quaternary nitrogens is 1. The zero-order chi connectivity index (χ0) is 19.6. The molecule has 150 valence electrons. The van der Waals surface area contributed by atoms with Gasteiger partial charge in [0.05, 0.1) is 57.7 Å². The summed E-state index contributed by atoms with van der Waals surface area (Å²) in [4.78, 5) is 29.1. The molecule has 3 rings (SSSR count). The molecule has 1 saturated heterocycles. The van der Waals surface area contributed by atoms with Gasteiger partial charge in [-0.25, -0.2) is 9.59 Å². The number of esters is 1. The molecule has 1 aromatic rings. The van der Waals surface area contributed by atoms with E-state index in [1.165, 1.54) is 23.3 Å². The van der Waals surface area contributed by atoms with E-state index in [0.717, 1.165) is 23.5 Å². The number of hydrogen-bond donors (Lipinski definition) is 3. The quantitative estimate of drug-likeness (QED) is 0.626. The van der Waals surface area contributed by atoms with Gasteiger partial charge in [0.15, 0.2) is 0 Å². The molecule has 27 heavy (non-hydrogen) atoms. The molecule has 2 aliphatic heterocycles. The van der Waals surface area contributed by atoms with Crippen LogP contribution < -0.4 is 10.2 Å². The van der Waals surface area contributed by atoms with Crippen LogP contribution in [-0.2, 0) is 22.5 Å². The number of methoxy groups -OCH3 is 1. The predicted octanol–water partition coefficient (Wildman–Crippen LogP) is 0.111. The van der Waals surface area contributed by atoms with Crippen LogP contribution in [0.1, 0.15) is 34.6 Å². The largest absolute Gasteiger partial charge is 0.465 e. The maximum Gasteiger partial charge on any atom is 0.341 e. The predicted molar refractivity (Wildman–Crippen MR) is 101 cm³/mol. The van der Waals surface area contributed by atoms with Gasteiger partial charge in [-0.05, 0) is 19.4 Å². The summed E-state index contributed by atoms with van der Waals surface area (Å²) in [7, 11) is 1.35. The molecule has 0 saturated carbocycles. The fourth-order valence-corrected chi connectivity index (χ4v) is 4.68. The lowest BCUT2D eigenvalue weighted by atomic mass is 9.93. The molecule has 1 aromatic heterocycles. The molecule has 9 heteroatoms. The Morgan fingerprint density at radius 2 is 2.07 bits per heavy atom. The number of nitrogens with zero attached hydrogens (tertiary/aromatic N) is 1. The zero-order valence-electron chi connectivity index (χ0n) is 16.1. The normalized spacial score (nSPS) is 19.5. The number of aliphatic hydroxyl groups excluding tert-OH is 1. The van der Waals surface area contributed by atoms with Crippen LogP contribution in [0.4, 0.5) is 9.80 Å². The average molecular weight is 399 g/mol. The van der Waals surface area contributed by atoms with Crippen LogP contribution in [0, 0.1) is 0 Å². The first kappa shape index (κ1) is 20.1. The summed E-state index contributed by atoms with van der Waals surface area (Å²) in [6.07, 6.45) is 0.600. The van der Waals surface area contributed by atoms with E-state index in [1.807, 2.05) is 13.8 Å². The van der Waals surface area contributed by atoms with Crippen LogP contribution in [0.2, 0.25) is 0 Å². The van der Waals surface area contributed by atoms with Crippen LogP contribution in [0.15, 0.2) is 0 Å². The molecular weight excluding hydrogens is 370 g/mol. The van der Waals surface area contributed by atoms with E-state index in [-0.39, 0.29) is 18.2 Å². The van der Waals surface area contributed by atoms with Gasteiger partial charge in [-0.3, -0.25) is 5.32 Å².